The normalized spacial score (nSPS) is 11.1. The van der Waals surface area contributed by atoms with Gasteiger partial charge in [0.05, 0.1) is 0 Å². The van der Waals surface area contributed by atoms with Gasteiger partial charge in [-0.05, 0) is 0 Å². The van der Waals surface area contributed by atoms with Crippen molar-refractivity contribution in [1.82, 2.24) is 0 Å². The van der Waals surface area contributed by atoms with Gasteiger partial charge in [-0.1, -0.05) is 38.5 Å². The Labute approximate surface area is 208 Å². The van der Waals surface area contributed by atoms with Crippen molar-refractivity contribution in [1.29, 1.82) is 0 Å². The van der Waals surface area contributed by atoms with Crippen LogP contribution in [0.25, 0.3) is 5.57 Å². The van der Waals surface area contributed by atoms with E-state index in [0.717, 1.165) is 6.42 Å². The van der Waals surface area contributed by atoms with E-state index in [-0.39, 0.29) is 21.1 Å². The second-order valence-corrected chi connectivity index (χ2v) is 6.73. The molecule has 0 radical (unpaired) electrons. The fourth-order valence-corrected chi connectivity index (χ4v) is 2.65. The van der Waals surface area contributed by atoms with Crippen molar-refractivity contribution in [2.24, 2.45) is 0 Å². The van der Waals surface area contributed by atoms with E-state index in [4.69, 9.17) is 0 Å². The van der Waals surface area contributed by atoms with E-state index in [1.54, 1.807) is 0 Å². The van der Waals surface area contributed by atoms with Crippen LogP contribution in [-0.2, 0) is 21.1 Å². The van der Waals surface area contributed by atoms with Gasteiger partial charge in [0, 0.05) is 0 Å². The molecule has 0 bridgehead atoms. The van der Waals surface area contributed by atoms with Crippen molar-refractivity contribution in [2.75, 3.05) is 0 Å². The third-order valence-corrected chi connectivity index (χ3v) is 4.43. The predicted octanol–water partition coefficient (Wildman–Crippen LogP) is 8.07. The van der Waals surface area contributed by atoms with Crippen LogP contribution in [0.3, 0.4) is 0 Å². The molecule has 5 rings (SSSR count). The summed E-state index contributed by atoms with van der Waals surface area (Å²) in [5.41, 5.74) is 5.42. The fourth-order valence-electron chi connectivity index (χ4n) is 2.65. The van der Waals surface area contributed by atoms with E-state index < -0.39 is 0 Å². The van der Waals surface area contributed by atoms with Crippen LogP contribution in [0.2, 0.25) is 0 Å². The molecular weight excluding hydrogens is 567 g/mol. The van der Waals surface area contributed by atoms with E-state index in [1.165, 1.54) is 22.3 Å². The van der Waals surface area contributed by atoms with Crippen LogP contribution in [0.1, 0.15) is 25.8 Å². The van der Waals surface area contributed by atoms with E-state index in [9.17, 15) is 0 Å². The number of hydrogen-bond acceptors (Lipinski definition) is 0. The second kappa shape index (κ2) is 17.7. The molecule has 0 unspecified atom stereocenters. The summed E-state index contributed by atoms with van der Waals surface area (Å²) in [7, 11) is 0. The van der Waals surface area contributed by atoms with Crippen molar-refractivity contribution in [3.63, 3.8) is 0 Å². The van der Waals surface area contributed by atoms with Crippen LogP contribution in [0.5, 0.6) is 0 Å². The summed E-state index contributed by atoms with van der Waals surface area (Å²) in [6.07, 6.45) is 4.41. The van der Waals surface area contributed by atoms with Crippen molar-refractivity contribution >= 4 is 5.57 Å². The predicted molar refractivity (Wildman–Crippen MR) is 132 cm³/mol. The molecule has 162 valence electrons. The van der Waals surface area contributed by atoms with E-state index in [2.05, 4.69) is 62.4 Å². The summed E-state index contributed by atoms with van der Waals surface area (Å²) >= 11 is 0. The Morgan fingerprint density at radius 1 is 0.531 bits per heavy atom. The first-order valence-corrected chi connectivity index (χ1v) is 10.3. The summed E-state index contributed by atoms with van der Waals surface area (Å²) in [4.78, 5) is 0. The molecule has 0 aliphatic heterocycles. The zero-order valence-corrected chi connectivity index (χ0v) is 20.8. The van der Waals surface area contributed by atoms with Gasteiger partial charge in [0.2, 0.25) is 0 Å². The summed E-state index contributed by atoms with van der Waals surface area (Å²) in [5, 5.41) is 0. The zero-order valence-electron chi connectivity index (χ0n) is 18.6. The second-order valence-electron chi connectivity index (χ2n) is 6.73. The van der Waals surface area contributed by atoms with Gasteiger partial charge in [-0.3, -0.25) is 0 Å². The van der Waals surface area contributed by atoms with Crippen molar-refractivity contribution < 1.29 is 21.1 Å². The summed E-state index contributed by atoms with van der Waals surface area (Å²) in [6, 6.07) is 48.0. The minimum absolute atomic E-state index is 0. The van der Waals surface area contributed by atoms with Crippen LogP contribution in [0.4, 0.5) is 0 Å². The molecular formula is C31H28Pt. The molecule has 0 N–H and O–H groups in total. The van der Waals surface area contributed by atoms with Gasteiger partial charge in [0.15, 0.2) is 0 Å². The summed E-state index contributed by atoms with van der Waals surface area (Å²) in [5.74, 6) is 0. The standard InChI is InChI=1S/C13H13.3C6H5.Pt/c1-10-8-9-13(11(10)2)12-6-4-3-5-7-12;3*1-2-4-6-5-3-1;/h3-7H,8H2,1-2H3;3*1-5H;/q4*-1;+4. The SMILES string of the molecule is CC1=C(C)C(c2ccccc2)=[C-]C1.[Pt+4].[c-]1ccccc1.[c-]1ccccc1.[c-]1ccccc1. The Hall–Kier alpha value is -2.95. The molecule has 1 heteroatoms. The molecule has 0 saturated carbocycles. The van der Waals surface area contributed by atoms with Crippen LogP contribution < -0.4 is 0 Å². The molecule has 0 atom stereocenters. The third-order valence-electron chi connectivity index (χ3n) is 4.43. The first-order valence-electron chi connectivity index (χ1n) is 10.3. The molecule has 1 aliphatic rings. The van der Waals surface area contributed by atoms with Crippen molar-refractivity contribution in [2.45, 2.75) is 20.3 Å². The average Bonchev–Trinajstić information content (AvgIpc) is 3.22. The maximum atomic E-state index is 3.42. The van der Waals surface area contributed by atoms with Gasteiger partial charge in [-0.25, -0.2) is 0 Å². The van der Waals surface area contributed by atoms with E-state index >= 15 is 0 Å². The molecule has 0 spiro atoms. The maximum Gasteiger partial charge on any atom is 4.00 e. The minimum atomic E-state index is 0. The molecule has 0 heterocycles. The number of allylic oxidation sites excluding steroid dienone is 4. The summed E-state index contributed by atoms with van der Waals surface area (Å²) in [6.45, 7) is 4.36. The van der Waals surface area contributed by atoms with Crippen LogP contribution in [0.15, 0.2) is 132 Å². The van der Waals surface area contributed by atoms with Gasteiger partial charge >= 0.3 is 21.1 Å². The first kappa shape index (κ1) is 27.1. The van der Waals surface area contributed by atoms with Gasteiger partial charge in [-0.2, -0.15) is 126 Å². The molecule has 0 nitrogen and oxygen atoms in total. The Morgan fingerprint density at radius 2 is 0.906 bits per heavy atom. The maximum absolute atomic E-state index is 3.42. The molecule has 0 fully saturated rings. The average molecular weight is 596 g/mol. The summed E-state index contributed by atoms with van der Waals surface area (Å²) < 4.78 is 0. The molecule has 32 heavy (non-hydrogen) atoms. The molecule has 4 aromatic rings. The van der Waals surface area contributed by atoms with Crippen LogP contribution in [0, 0.1) is 24.3 Å². The zero-order chi connectivity index (χ0) is 22.0. The molecule has 0 aromatic heterocycles. The third kappa shape index (κ3) is 11.4. The number of benzene rings is 4. The van der Waals surface area contributed by atoms with Gasteiger partial charge in [-0.15, -0.1) is 23.3 Å². The topological polar surface area (TPSA) is 0 Å². The quantitative estimate of drug-likeness (QED) is 0.195. The van der Waals surface area contributed by atoms with Crippen molar-refractivity contribution in [3.05, 3.63) is 162 Å². The largest absolute Gasteiger partial charge is 4.00 e. The van der Waals surface area contributed by atoms with Crippen LogP contribution in [-0.4, -0.2) is 0 Å². The number of hydrogen-bond donors (Lipinski definition) is 0. The number of rotatable bonds is 1. The first-order chi connectivity index (χ1) is 15.3. The Kier molecular flexibility index (Phi) is 15.0. The monoisotopic (exact) mass is 595 g/mol. The Morgan fingerprint density at radius 3 is 1.16 bits per heavy atom. The Balaban J connectivity index is 0.000000229. The molecule has 1 aliphatic carbocycles. The molecule has 0 saturated heterocycles. The van der Waals surface area contributed by atoms with E-state index in [1.807, 2.05) is 97.1 Å². The van der Waals surface area contributed by atoms with Crippen molar-refractivity contribution in [3.8, 4) is 0 Å². The minimum Gasteiger partial charge on any atom is -0.197 e. The molecule has 0 amide bonds. The van der Waals surface area contributed by atoms with Crippen LogP contribution >= 0.6 is 0 Å². The van der Waals surface area contributed by atoms with Gasteiger partial charge in [0.1, 0.15) is 0 Å². The Bertz CT molecular complexity index is 834. The van der Waals surface area contributed by atoms with Gasteiger partial charge in [0.25, 0.3) is 0 Å². The fraction of sp³-hybridized carbons (Fsp3) is 0.0968. The molecule has 4 aromatic carbocycles. The van der Waals surface area contributed by atoms with Gasteiger partial charge < -0.3 is 0 Å². The smallest absolute Gasteiger partial charge is 0.197 e. The van der Waals surface area contributed by atoms with E-state index in [0.29, 0.717) is 0 Å².